The maximum Gasteiger partial charge on any atom is 0.0658 e. The third-order valence-corrected chi connectivity index (χ3v) is 9.74. The molecule has 0 saturated heterocycles. The SMILES string of the molecule is C1=Cc2cc3ccc(cc4nc(cc5ccc(cc1n2)n5-c1csc2ccccc12)C=C4)n3-c1csc2ccccc12. The highest BCUT2D eigenvalue weighted by Gasteiger charge is 2.13. The van der Waals surface area contributed by atoms with Crippen molar-refractivity contribution in [2.75, 3.05) is 0 Å². The molecule has 0 N–H and O–H groups in total. The van der Waals surface area contributed by atoms with Gasteiger partial charge in [-0.1, -0.05) is 36.4 Å². The van der Waals surface area contributed by atoms with Gasteiger partial charge in [-0.25, -0.2) is 9.97 Å². The molecule has 0 spiro atoms. The largest absolute Gasteiger partial charge is 0.309 e. The third kappa shape index (κ3) is 3.80. The van der Waals surface area contributed by atoms with Gasteiger partial charge in [-0.3, -0.25) is 0 Å². The first-order valence-corrected chi connectivity index (χ1v) is 15.6. The number of hydrogen-bond acceptors (Lipinski definition) is 4. The molecule has 2 aromatic carbocycles. The van der Waals surface area contributed by atoms with Gasteiger partial charge in [-0.15, -0.1) is 22.7 Å². The minimum absolute atomic E-state index is 0.929. The van der Waals surface area contributed by atoms with Crippen molar-refractivity contribution < 1.29 is 0 Å². The maximum absolute atomic E-state index is 5.02. The molecule has 0 amide bonds. The van der Waals surface area contributed by atoms with Crippen molar-refractivity contribution in [1.82, 2.24) is 19.1 Å². The highest BCUT2D eigenvalue weighted by atomic mass is 32.1. The zero-order valence-electron chi connectivity index (χ0n) is 22.3. The summed E-state index contributed by atoms with van der Waals surface area (Å²) in [5, 5.41) is 6.96. The molecule has 9 rings (SSSR count). The van der Waals surface area contributed by atoms with Crippen LogP contribution >= 0.6 is 22.7 Å². The third-order valence-electron chi connectivity index (χ3n) is 7.83. The second-order valence-electron chi connectivity index (χ2n) is 10.4. The molecule has 4 nitrogen and oxygen atoms in total. The maximum atomic E-state index is 5.02. The lowest BCUT2D eigenvalue weighted by molar-refractivity contribution is 1.19. The summed E-state index contributed by atoms with van der Waals surface area (Å²) in [6.07, 6.45) is 8.39. The van der Waals surface area contributed by atoms with Gasteiger partial charge >= 0.3 is 0 Å². The molecule has 7 aromatic rings. The van der Waals surface area contributed by atoms with E-state index in [4.69, 9.17) is 9.97 Å². The van der Waals surface area contributed by atoms with Crippen LogP contribution in [0.3, 0.4) is 0 Å². The zero-order chi connectivity index (χ0) is 27.6. The number of fused-ring (bicyclic) bond motifs is 10. The van der Waals surface area contributed by atoms with Crippen LogP contribution in [0.4, 0.5) is 0 Å². The van der Waals surface area contributed by atoms with Gasteiger partial charge in [0.15, 0.2) is 0 Å². The van der Waals surface area contributed by atoms with Crippen LogP contribution in [0.15, 0.2) is 108 Å². The van der Waals surface area contributed by atoms with Crippen molar-refractivity contribution in [2.24, 2.45) is 0 Å². The van der Waals surface area contributed by atoms with E-state index in [1.165, 1.54) is 31.5 Å². The Morgan fingerprint density at radius 2 is 0.786 bits per heavy atom. The van der Waals surface area contributed by atoms with Gasteiger partial charge in [-0.05, 0) is 85.0 Å². The average molecular weight is 575 g/mol. The standard InChI is InChI=1S/C36H22N4S2/c1-3-7-35-31(5-1)33(21-41-35)39-27-13-14-28(39)18-24-10-12-26(38-24)20-30-16-15-29(19-25-11-9-23(17-27)37-25)40(30)34-22-42-36-8-4-2-6-32(34)36/h1-22H. The van der Waals surface area contributed by atoms with Gasteiger partial charge in [-0.2, -0.15) is 0 Å². The summed E-state index contributed by atoms with van der Waals surface area (Å²) in [5.74, 6) is 0. The Kier molecular flexibility index (Phi) is 5.20. The number of rotatable bonds is 2. The summed E-state index contributed by atoms with van der Waals surface area (Å²) < 4.78 is 7.18. The molecule has 0 aliphatic carbocycles. The lowest BCUT2D eigenvalue weighted by Gasteiger charge is -2.06. The molecule has 0 unspecified atom stereocenters. The van der Waals surface area contributed by atoms with Crippen molar-refractivity contribution >= 4 is 89.2 Å². The predicted molar refractivity (Wildman–Crippen MR) is 180 cm³/mol. The molecule has 2 aliphatic heterocycles. The highest BCUT2D eigenvalue weighted by Crippen LogP contribution is 2.34. The minimum Gasteiger partial charge on any atom is -0.309 e. The normalized spacial score (nSPS) is 12.6. The van der Waals surface area contributed by atoms with Crippen molar-refractivity contribution in [1.29, 1.82) is 0 Å². The second kappa shape index (κ2) is 9.24. The molecule has 0 saturated carbocycles. The fourth-order valence-corrected chi connectivity index (χ4v) is 7.79. The highest BCUT2D eigenvalue weighted by molar-refractivity contribution is 7.18. The van der Waals surface area contributed by atoms with Crippen LogP contribution in [0.2, 0.25) is 0 Å². The summed E-state index contributed by atoms with van der Waals surface area (Å²) >= 11 is 3.54. The summed E-state index contributed by atoms with van der Waals surface area (Å²) in [4.78, 5) is 10.0. The average Bonchev–Trinajstić information content (AvgIpc) is 3.85. The smallest absolute Gasteiger partial charge is 0.0658 e. The van der Waals surface area contributed by atoms with Crippen LogP contribution < -0.4 is 0 Å². The summed E-state index contributed by atoms with van der Waals surface area (Å²) in [6, 6.07) is 34.5. The van der Waals surface area contributed by atoms with Gasteiger partial charge in [0, 0.05) is 53.0 Å². The van der Waals surface area contributed by atoms with E-state index >= 15 is 0 Å². The molecule has 42 heavy (non-hydrogen) atoms. The Balaban J connectivity index is 1.36. The van der Waals surface area contributed by atoms with E-state index in [2.05, 4.69) is 141 Å². The number of nitrogens with zero attached hydrogens (tertiary/aromatic N) is 4. The molecule has 7 heterocycles. The van der Waals surface area contributed by atoms with E-state index < -0.39 is 0 Å². The first-order valence-electron chi connectivity index (χ1n) is 13.8. The van der Waals surface area contributed by atoms with Gasteiger partial charge in [0.1, 0.15) is 0 Å². The van der Waals surface area contributed by atoms with Crippen LogP contribution in [-0.2, 0) is 0 Å². The van der Waals surface area contributed by atoms with E-state index in [-0.39, 0.29) is 0 Å². The molecule has 8 bridgehead atoms. The fourth-order valence-electron chi connectivity index (χ4n) is 5.94. The Bertz CT molecular complexity index is 2170. The number of thiophene rings is 2. The number of hydrogen-bond donors (Lipinski definition) is 0. The van der Waals surface area contributed by atoms with E-state index in [0.717, 1.165) is 44.8 Å². The predicted octanol–water partition coefficient (Wildman–Crippen LogP) is 10.0. The van der Waals surface area contributed by atoms with Gasteiger partial charge < -0.3 is 9.13 Å². The van der Waals surface area contributed by atoms with Gasteiger partial charge in [0.05, 0.1) is 34.2 Å². The fraction of sp³-hybridized carbons (Fsp3) is 0. The Morgan fingerprint density at radius 1 is 0.429 bits per heavy atom. The van der Waals surface area contributed by atoms with Crippen molar-refractivity contribution in [3.8, 4) is 11.4 Å². The number of benzene rings is 2. The molecular formula is C36H22N4S2. The lowest BCUT2D eigenvalue weighted by atomic mass is 10.2. The van der Waals surface area contributed by atoms with E-state index in [1.807, 2.05) is 0 Å². The second-order valence-corrected chi connectivity index (χ2v) is 12.3. The molecular weight excluding hydrogens is 553 g/mol. The molecule has 0 atom stereocenters. The topological polar surface area (TPSA) is 35.6 Å². The molecule has 0 radical (unpaired) electrons. The van der Waals surface area contributed by atoms with E-state index in [1.54, 1.807) is 22.7 Å². The van der Waals surface area contributed by atoms with Crippen molar-refractivity contribution in [3.05, 3.63) is 131 Å². The first-order chi connectivity index (χ1) is 20.8. The monoisotopic (exact) mass is 574 g/mol. The molecule has 198 valence electrons. The van der Waals surface area contributed by atoms with E-state index in [9.17, 15) is 0 Å². The van der Waals surface area contributed by atoms with Crippen molar-refractivity contribution in [3.63, 3.8) is 0 Å². The van der Waals surface area contributed by atoms with Gasteiger partial charge in [0.2, 0.25) is 0 Å². The minimum atomic E-state index is 0.929. The lowest BCUT2D eigenvalue weighted by Crippen LogP contribution is -1.93. The van der Waals surface area contributed by atoms with Crippen molar-refractivity contribution in [2.45, 2.75) is 0 Å². The summed E-state index contributed by atoms with van der Waals surface area (Å²) in [5.41, 5.74) is 10.4. The Labute approximate surface area is 249 Å². The van der Waals surface area contributed by atoms with E-state index in [0.29, 0.717) is 0 Å². The van der Waals surface area contributed by atoms with Crippen LogP contribution in [-0.4, -0.2) is 19.1 Å². The van der Waals surface area contributed by atoms with Gasteiger partial charge in [0.25, 0.3) is 0 Å². The van der Waals surface area contributed by atoms with Crippen LogP contribution in [0, 0.1) is 0 Å². The Morgan fingerprint density at radius 3 is 1.17 bits per heavy atom. The summed E-state index contributed by atoms with van der Waals surface area (Å²) in [6.45, 7) is 0. The van der Waals surface area contributed by atoms with Crippen LogP contribution in [0.25, 0.3) is 77.9 Å². The molecule has 0 fully saturated rings. The zero-order valence-corrected chi connectivity index (χ0v) is 23.9. The first kappa shape index (κ1) is 23.6. The quantitative estimate of drug-likeness (QED) is 0.206. The Hall–Kier alpha value is -5.04. The molecule has 2 aliphatic rings. The summed E-state index contributed by atoms with van der Waals surface area (Å²) in [7, 11) is 0. The number of aromatic nitrogens is 4. The molecule has 6 heteroatoms. The van der Waals surface area contributed by atoms with Crippen LogP contribution in [0.5, 0.6) is 0 Å². The molecule has 5 aromatic heterocycles. The van der Waals surface area contributed by atoms with Crippen LogP contribution in [0.1, 0.15) is 22.8 Å².